The van der Waals surface area contributed by atoms with Gasteiger partial charge in [-0.3, -0.25) is 4.79 Å². The number of aromatic nitrogens is 5. The third-order valence-corrected chi connectivity index (χ3v) is 3.46. The molecule has 7 nitrogen and oxygen atoms in total. The van der Waals surface area contributed by atoms with Crippen LogP contribution in [0.3, 0.4) is 0 Å². The molecule has 94 valence electrons. The summed E-state index contributed by atoms with van der Waals surface area (Å²) in [7, 11) is 1.50. The van der Waals surface area contributed by atoms with Gasteiger partial charge in [0, 0.05) is 13.5 Å². The maximum Gasteiger partial charge on any atom is 0.352 e. The average molecular weight is 247 g/mol. The monoisotopic (exact) mass is 247 g/mol. The number of rotatable bonds is 3. The Morgan fingerprint density at radius 1 is 1.50 bits per heavy atom. The van der Waals surface area contributed by atoms with Crippen LogP contribution in [0.4, 0.5) is 0 Å². The molecule has 2 heterocycles. The van der Waals surface area contributed by atoms with Crippen LogP contribution in [-0.2, 0) is 7.05 Å². The second-order valence-corrected chi connectivity index (χ2v) is 4.71. The van der Waals surface area contributed by atoms with Crippen molar-refractivity contribution in [3.8, 4) is 0 Å². The SMILES string of the molecule is Cn1nnc2c(C(=O)CC3CCC3)ncn2c1=O. The van der Waals surface area contributed by atoms with Crippen molar-refractivity contribution in [2.45, 2.75) is 25.7 Å². The van der Waals surface area contributed by atoms with Crippen LogP contribution in [0, 0.1) is 5.92 Å². The number of hydrogen-bond acceptors (Lipinski definition) is 5. The van der Waals surface area contributed by atoms with E-state index in [1.807, 2.05) is 0 Å². The summed E-state index contributed by atoms with van der Waals surface area (Å²) in [6.45, 7) is 0. The number of Topliss-reactive ketones (excluding diaryl/α,β-unsaturated/α-hetero) is 1. The van der Waals surface area contributed by atoms with E-state index in [9.17, 15) is 9.59 Å². The molecule has 0 radical (unpaired) electrons. The average Bonchev–Trinajstić information content (AvgIpc) is 2.73. The number of carbonyl (C=O) groups excluding carboxylic acids is 1. The lowest BCUT2D eigenvalue weighted by Crippen LogP contribution is -2.27. The van der Waals surface area contributed by atoms with E-state index >= 15 is 0 Å². The molecule has 0 unspecified atom stereocenters. The molecule has 1 fully saturated rings. The van der Waals surface area contributed by atoms with Crippen LogP contribution in [-0.4, -0.2) is 30.2 Å². The van der Waals surface area contributed by atoms with Gasteiger partial charge in [0.1, 0.15) is 6.33 Å². The van der Waals surface area contributed by atoms with Gasteiger partial charge in [-0.05, 0) is 5.92 Å². The van der Waals surface area contributed by atoms with Gasteiger partial charge in [-0.25, -0.2) is 14.2 Å². The summed E-state index contributed by atoms with van der Waals surface area (Å²) in [5.41, 5.74) is 0.157. The van der Waals surface area contributed by atoms with Crippen molar-refractivity contribution >= 4 is 11.4 Å². The van der Waals surface area contributed by atoms with Crippen molar-refractivity contribution in [2.24, 2.45) is 13.0 Å². The molecule has 18 heavy (non-hydrogen) atoms. The molecule has 1 saturated carbocycles. The smallest absolute Gasteiger partial charge is 0.292 e. The fourth-order valence-electron chi connectivity index (χ4n) is 2.13. The van der Waals surface area contributed by atoms with Crippen molar-refractivity contribution < 1.29 is 4.79 Å². The number of nitrogens with zero attached hydrogens (tertiary/aromatic N) is 5. The summed E-state index contributed by atoms with van der Waals surface area (Å²) in [6, 6.07) is 0. The van der Waals surface area contributed by atoms with Gasteiger partial charge < -0.3 is 0 Å². The summed E-state index contributed by atoms with van der Waals surface area (Å²) < 4.78 is 2.36. The second kappa shape index (κ2) is 4.01. The first-order valence-corrected chi connectivity index (χ1v) is 5.97. The summed E-state index contributed by atoms with van der Waals surface area (Å²) in [5, 5.41) is 7.54. The number of aryl methyl sites for hydroxylation is 1. The van der Waals surface area contributed by atoms with E-state index in [4.69, 9.17) is 0 Å². The standard InChI is InChI=1S/C11H13N5O2/c1-15-11(18)16-6-12-9(10(16)13-14-15)8(17)5-7-3-2-4-7/h6-7H,2-5H2,1H3. The zero-order valence-corrected chi connectivity index (χ0v) is 10.0. The van der Waals surface area contributed by atoms with E-state index in [-0.39, 0.29) is 22.8 Å². The molecule has 0 aromatic carbocycles. The quantitative estimate of drug-likeness (QED) is 0.723. The zero-order valence-electron chi connectivity index (χ0n) is 10.0. The van der Waals surface area contributed by atoms with E-state index in [1.54, 1.807) is 0 Å². The van der Waals surface area contributed by atoms with Crippen LogP contribution in [0.2, 0.25) is 0 Å². The summed E-state index contributed by atoms with van der Waals surface area (Å²) in [5.74, 6) is 0.415. The highest BCUT2D eigenvalue weighted by molar-refractivity contribution is 5.99. The van der Waals surface area contributed by atoms with Gasteiger partial charge in [-0.2, -0.15) is 4.68 Å². The third kappa shape index (κ3) is 1.62. The van der Waals surface area contributed by atoms with Crippen molar-refractivity contribution in [1.82, 2.24) is 24.4 Å². The van der Waals surface area contributed by atoms with Crippen molar-refractivity contribution in [2.75, 3.05) is 0 Å². The first kappa shape index (κ1) is 11.1. The van der Waals surface area contributed by atoms with Crippen LogP contribution in [0.5, 0.6) is 0 Å². The van der Waals surface area contributed by atoms with Gasteiger partial charge in [0.15, 0.2) is 17.1 Å². The molecule has 0 spiro atoms. The molecule has 0 bridgehead atoms. The lowest BCUT2D eigenvalue weighted by Gasteiger charge is -2.23. The fraction of sp³-hybridized carbons (Fsp3) is 0.545. The molecule has 1 aliphatic carbocycles. The number of hydrogen-bond donors (Lipinski definition) is 0. The number of imidazole rings is 1. The predicted octanol–water partition coefficient (Wildman–Crippen LogP) is 0.196. The molecule has 7 heteroatoms. The Kier molecular flexibility index (Phi) is 2.46. The summed E-state index contributed by atoms with van der Waals surface area (Å²) >= 11 is 0. The Morgan fingerprint density at radius 2 is 2.28 bits per heavy atom. The Hall–Kier alpha value is -2.05. The van der Waals surface area contributed by atoms with Gasteiger partial charge in [0.25, 0.3) is 0 Å². The van der Waals surface area contributed by atoms with E-state index in [0.29, 0.717) is 12.3 Å². The van der Waals surface area contributed by atoms with Crippen LogP contribution in [0.15, 0.2) is 11.1 Å². The first-order chi connectivity index (χ1) is 8.66. The van der Waals surface area contributed by atoms with Crippen molar-refractivity contribution in [3.05, 3.63) is 22.5 Å². The van der Waals surface area contributed by atoms with Gasteiger partial charge >= 0.3 is 5.69 Å². The van der Waals surface area contributed by atoms with E-state index < -0.39 is 0 Å². The van der Waals surface area contributed by atoms with Gasteiger partial charge in [0.2, 0.25) is 0 Å². The molecular weight excluding hydrogens is 234 g/mol. The highest BCUT2D eigenvalue weighted by Gasteiger charge is 2.24. The number of ketones is 1. The van der Waals surface area contributed by atoms with Crippen LogP contribution in [0.1, 0.15) is 36.2 Å². The maximum atomic E-state index is 12.1. The highest BCUT2D eigenvalue weighted by atomic mass is 16.2. The Balaban J connectivity index is 1.99. The predicted molar refractivity (Wildman–Crippen MR) is 62.3 cm³/mol. The first-order valence-electron chi connectivity index (χ1n) is 5.97. The minimum Gasteiger partial charge on any atom is -0.292 e. The lowest BCUT2D eigenvalue weighted by atomic mass is 9.81. The molecule has 1 aliphatic rings. The molecule has 0 atom stereocenters. The van der Waals surface area contributed by atoms with Crippen molar-refractivity contribution in [3.63, 3.8) is 0 Å². The molecule has 0 saturated heterocycles. The normalized spacial score (nSPS) is 15.8. The van der Waals surface area contributed by atoms with Crippen molar-refractivity contribution in [1.29, 1.82) is 0 Å². The molecule has 2 aromatic rings. The highest BCUT2D eigenvalue weighted by Crippen LogP contribution is 2.30. The molecule has 0 amide bonds. The van der Waals surface area contributed by atoms with E-state index in [0.717, 1.165) is 17.5 Å². The molecule has 2 aromatic heterocycles. The Labute approximate surface area is 102 Å². The third-order valence-electron chi connectivity index (χ3n) is 3.46. The van der Waals surface area contributed by atoms with E-state index in [1.165, 1.54) is 24.2 Å². The van der Waals surface area contributed by atoms with Crippen LogP contribution < -0.4 is 5.69 Å². The fourth-order valence-corrected chi connectivity index (χ4v) is 2.13. The molecular formula is C11H13N5O2. The number of fused-ring (bicyclic) bond motifs is 1. The molecule has 0 N–H and O–H groups in total. The van der Waals surface area contributed by atoms with Crippen LogP contribution in [0.25, 0.3) is 5.65 Å². The lowest BCUT2D eigenvalue weighted by molar-refractivity contribution is 0.0933. The molecule has 0 aliphatic heterocycles. The maximum absolute atomic E-state index is 12.1. The largest absolute Gasteiger partial charge is 0.352 e. The topological polar surface area (TPSA) is 82.2 Å². The van der Waals surface area contributed by atoms with E-state index in [2.05, 4.69) is 15.3 Å². The Bertz CT molecular complexity index is 668. The molecule has 3 rings (SSSR count). The second-order valence-electron chi connectivity index (χ2n) is 4.71. The van der Waals surface area contributed by atoms with Gasteiger partial charge in [-0.15, -0.1) is 5.10 Å². The van der Waals surface area contributed by atoms with Gasteiger partial charge in [-0.1, -0.05) is 24.5 Å². The summed E-state index contributed by atoms with van der Waals surface area (Å²) in [6.07, 6.45) is 5.22. The number of carbonyl (C=O) groups is 1. The Morgan fingerprint density at radius 3 is 2.94 bits per heavy atom. The minimum atomic E-state index is -0.352. The zero-order chi connectivity index (χ0) is 12.7. The minimum absolute atomic E-state index is 0.0512. The summed E-state index contributed by atoms with van der Waals surface area (Å²) in [4.78, 5) is 27.8. The van der Waals surface area contributed by atoms with Crippen LogP contribution >= 0.6 is 0 Å². The van der Waals surface area contributed by atoms with Gasteiger partial charge in [0.05, 0.1) is 0 Å².